The highest BCUT2D eigenvalue weighted by molar-refractivity contribution is 5.50. The average Bonchev–Trinajstić information content (AvgIpc) is 2.61. The van der Waals surface area contributed by atoms with Gasteiger partial charge in [-0.3, -0.25) is 15.0 Å². The Morgan fingerprint density at radius 2 is 2.15 bits per heavy atom. The summed E-state index contributed by atoms with van der Waals surface area (Å²) in [6, 6.07) is 11.0. The molecule has 0 spiro atoms. The van der Waals surface area contributed by atoms with E-state index in [0.29, 0.717) is 37.6 Å². The molecule has 0 aromatic heterocycles. The van der Waals surface area contributed by atoms with Crippen LogP contribution in [0.4, 0.5) is 5.69 Å². The summed E-state index contributed by atoms with van der Waals surface area (Å²) in [5.74, 6) is 1.53. The summed E-state index contributed by atoms with van der Waals surface area (Å²) in [5, 5.41) is 11.2. The van der Waals surface area contributed by atoms with Gasteiger partial charge in [0.15, 0.2) is 6.79 Å². The van der Waals surface area contributed by atoms with Crippen LogP contribution in [0.2, 0.25) is 0 Å². The molecule has 0 radical (unpaired) electrons. The number of nitro benzene ring substituents is 1. The number of nitro groups is 1. The standard InChI is InChI=1S/C19H22N2O5/c1-14-4-3-5-18(8-14)25-7-6-20(2)11-15-9-17(21(22)23)10-16-12-24-13-26-19(15)16/h3-5,8-10H,6-7,11-13H2,1-2H3. The maximum Gasteiger partial charge on any atom is 0.270 e. The number of rotatable bonds is 7. The average molecular weight is 358 g/mol. The number of likely N-dealkylation sites (N-methyl/N-ethyl adjacent to an activating group) is 1. The highest BCUT2D eigenvalue weighted by Crippen LogP contribution is 2.33. The van der Waals surface area contributed by atoms with Crippen molar-refractivity contribution in [1.82, 2.24) is 4.90 Å². The zero-order valence-electron chi connectivity index (χ0n) is 14.9. The van der Waals surface area contributed by atoms with E-state index in [0.717, 1.165) is 16.9 Å². The normalized spacial score (nSPS) is 13.2. The maximum atomic E-state index is 11.2. The summed E-state index contributed by atoms with van der Waals surface area (Å²) in [6.07, 6.45) is 0. The summed E-state index contributed by atoms with van der Waals surface area (Å²) in [7, 11) is 1.95. The quantitative estimate of drug-likeness (QED) is 0.559. The molecule has 26 heavy (non-hydrogen) atoms. The molecule has 0 bridgehead atoms. The molecule has 0 saturated carbocycles. The Balaban J connectivity index is 1.64. The van der Waals surface area contributed by atoms with Gasteiger partial charge in [-0.2, -0.15) is 0 Å². The second kappa shape index (κ2) is 8.16. The molecule has 0 unspecified atom stereocenters. The Kier molecular flexibility index (Phi) is 5.70. The van der Waals surface area contributed by atoms with E-state index < -0.39 is 0 Å². The van der Waals surface area contributed by atoms with Gasteiger partial charge >= 0.3 is 0 Å². The van der Waals surface area contributed by atoms with E-state index in [9.17, 15) is 10.1 Å². The molecular weight excluding hydrogens is 336 g/mol. The Hall–Kier alpha value is -2.64. The first kappa shape index (κ1) is 18.2. The molecule has 0 N–H and O–H groups in total. The van der Waals surface area contributed by atoms with Crippen molar-refractivity contribution < 1.29 is 19.1 Å². The lowest BCUT2D eigenvalue weighted by Crippen LogP contribution is -2.25. The van der Waals surface area contributed by atoms with Gasteiger partial charge in [0.2, 0.25) is 0 Å². The lowest BCUT2D eigenvalue weighted by Gasteiger charge is -2.23. The molecule has 0 amide bonds. The molecule has 0 atom stereocenters. The van der Waals surface area contributed by atoms with Gasteiger partial charge in [-0.15, -0.1) is 0 Å². The van der Waals surface area contributed by atoms with Crippen LogP contribution in [0.3, 0.4) is 0 Å². The molecule has 2 aromatic rings. The molecule has 3 rings (SSSR count). The number of benzene rings is 2. The van der Waals surface area contributed by atoms with Crippen molar-refractivity contribution in [3.8, 4) is 11.5 Å². The van der Waals surface area contributed by atoms with Gasteiger partial charge in [-0.25, -0.2) is 0 Å². The van der Waals surface area contributed by atoms with Crippen molar-refractivity contribution in [1.29, 1.82) is 0 Å². The van der Waals surface area contributed by atoms with Crippen molar-refractivity contribution in [2.45, 2.75) is 20.1 Å². The van der Waals surface area contributed by atoms with E-state index in [4.69, 9.17) is 14.2 Å². The van der Waals surface area contributed by atoms with Crippen molar-refractivity contribution >= 4 is 5.69 Å². The molecule has 1 aliphatic rings. The van der Waals surface area contributed by atoms with Crippen LogP contribution in [0.1, 0.15) is 16.7 Å². The monoisotopic (exact) mass is 358 g/mol. The minimum absolute atomic E-state index is 0.0530. The van der Waals surface area contributed by atoms with Crippen molar-refractivity contribution in [3.63, 3.8) is 0 Å². The minimum atomic E-state index is -0.390. The Labute approximate surface area is 152 Å². The van der Waals surface area contributed by atoms with Crippen LogP contribution in [0.25, 0.3) is 0 Å². The number of nitrogens with zero attached hydrogens (tertiary/aromatic N) is 2. The summed E-state index contributed by atoms with van der Waals surface area (Å²) in [5.41, 5.74) is 2.70. The van der Waals surface area contributed by atoms with Crippen molar-refractivity contribution in [2.24, 2.45) is 0 Å². The van der Waals surface area contributed by atoms with Crippen LogP contribution in [-0.4, -0.2) is 36.8 Å². The molecule has 0 fully saturated rings. The molecular formula is C19H22N2O5. The lowest BCUT2D eigenvalue weighted by molar-refractivity contribution is -0.385. The predicted octanol–water partition coefficient (Wildman–Crippen LogP) is 3.28. The largest absolute Gasteiger partial charge is 0.492 e. The third-order valence-corrected chi connectivity index (χ3v) is 4.15. The van der Waals surface area contributed by atoms with Gasteiger partial charge in [0.25, 0.3) is 5.69 Å². The Morgan fingerprint density at radius 3 is 2.92 bits per heavy atom. The highest BCUT2D eigenvalue weighted by atomic mass is 16.7. The fraction of sp³-hybridized carbons (Fsp3) is 0.368. The second-order valence-electron chi connectivity index (χ2n) is 6.36. The molecule has 7 nitrogen and oxygen atoms in total. The van der Waals surface area contributed by atoms with Gasteiger partial charge in [-0.05, 0) is 31.7 Å². The number of fused-ring (bicyclic) bond motifs is 1. The van der Waals surface area contributed by atoms with E-state index in [1.54, 1.807) is 6.07 Å². The third kappa shape index (κ3) is 4.50. The first-order valence-electron chi connectivity index (χ1n) is 8.41. The first-order valence-corrected chi connectivity index (χ1v) is 8.41. The molecule has 2 aromatic carbocycles. The fourth-order valence-corrected chi connectivity index (χ4v) is 2.90. The maximum absolute atomic E-state index is 11.2. The SMILES string of the molecule is Cc1cccc(OCCN(C)Cc2cc([N+](=O)[O-])cc3c2OCOC3)c1. The van der Waals surface area contributed by atoms with Gasteiger partial charge in [0.1, 0.15) is 18.1 Å². The summed E-state index contributed by atoms with van der Waals surface area (Å²) in [4.78, 5) is 12.8. The van der Waals surface area contributed by atoms with Crippen LogP contribution in [-0.2, 0) is 17.9 Å². The highest BCUT2D eigenvalue weighted by Gasteiger charge is 2.21. The van der Waals surface area contributed by atoms with Gasteiger partial charge in [0, 0.05) is 36.3 Å². The van der Waals surface area contributed by atoms with E-state index in [1.165, 1.54) is 6.07 Å². The second-order valence-corrected chi connectivity index (χ2v) is 6.36. The summed E-state index contributed by atoms with van der Waals surface area (Å²) >= 11 is 0. The van der Waals surface area contributed by atoms with Gasteiger partial charge in [0.05, 0.1) is 11.5 Å². The van der Waals surface area contributed by atoms with Crippen LogP contribution < -0.4 is 9.47 Å². The topological polar surface area (TPSA) is 74.1 Å². The Bertz CT molecular complexity index is 793. The molecule has 138 valence electrons. The van der Waals surface area contributed by atoms with E-state index in [2.05, 4.69) is 0 Å². The molecule has 1 aliphatic heterocycles. The van der Waals surface area contributed by atoms with Gasteiger partial charge < -0.3 is 14.2 Å². The van der Waals surface area contributed by atoms with Crippen LogP contribution in [0.5, 0.6) is 11.5 Å². The Morgan fingerprint density at radius 1 is 1.31 bits per heavy atom. The summed E-state index contributed by atoms with van der Waals surface area (Å²) in [6.45, 7) is 4.25. The fourth-order valence-electron chi connectivity index (χ4n) is 2.90. The van der Waals surface area contributed by atoms with Gasteiger partial charge in [-0.1, -0.05) is 12.1 Å². The van der Waals surface area contributed by atoms with Crippen LogP contribution in [0.15, 0.2) is 36.4 Å². The van der Waals surface area contributed by atoms with Crippen LogP contribution >= 0.6 is 0 Å². The molecule has 7 heteroatoms. The smallest absolute Gasteiger partial charge is 0.270 e. The van der Waals surface area contributed by atoms with Crippen LogP contribution in [0, 0.1) is 17.0 Å². The first-order chi connectivity index (χ1) is 12.5. The molecule has 0 aliphatic carbocycles. The minimum Gasteiger partial charge on any atom is -0.492 e. The predicted molar refractivity (Wildman–Crippen MR) is 96.4 cm³/mol. The number of ether oxygens (including phenoxy) is 3. The molecule has 0 saturated heterocycles. The van der Waals surface area contributed by atoms with Crippen molar-refractivity contribution in [2.75, 3.05) is 27.0 Å². The molecule has 1 heterocycles. The zero-order valence-corrected chi connectivity index (χ0v) is 14.9. The number of aryl methyl sites for hydroxylation is 1. The third-order valence-electron chi connectivity index (χ3n) is 4.15. The summed E-state index contributed by atoms with van der Waals surface area (Å²) < 4.78 is 16.6. The van der Waals surface area contributed by atoms with E-state index in [-0.39, 0.29) is 17.4 Å². The number of non-ortho nitro benzene ring substituents is 1. The number of hydrogen-bond donors (Lipinski definition) is 0. The van der Waals surface area contributed by atoms with Crippen molar-refractivity contribution in [3.05, 3.63) is 63.2 Å². The number of hydrogen-bond acceptors (Lipinski definition) is 6. The lowest BCUT2D eigenvalue weighted by atomic mass is 10.1. The van der Waals surface area contributed by atoms with E-state index in [1.807, 2.05) is 43.1 Å². The van der Waals surface area contributed by atoms with E-state index >= 15 is 0 Å². The zero-order chi connectivity index (χ0) is 18.5.